The maximum Gasteiger partial charge on any atom is 0.332 e. The molecule has 0 spiro atoms. The third-order valence-electron chi connectivity index (χ3n) is 3.25. The fourth-order valence-electron chi connectivity index (χ4n) is 2.23. The molecule has 0 aliphatic heterocycles. The fourth-order valence-corrected chi connectivity index (χ4v) is 2.23. The molecule has 0 radical (unpaired) electrons. The molecular weight excluding hydrogens is 352 g/mol. The molecule has 136 valence electrons. The van der Waals surface area contributed by atoms with Crippen molar-refractivity contribution in [1.82, 2.24) is 19.9 Å². The van der Waals surface area contributed by atoms with Gasteiger partial charge >= 0.3 is 23.3 Å². The van der Waals surface area contributed by atoms with Crippen molar-refractivity contribution in [2.24, 2.45) is 0 Å². The number of aromatic amines is 4. The second kappa shape index (κ2) is 7.29. The van der Waals surface area contributed by atoms with Gasteiger partial charge in [-0.3, -0.25) is 19.6 Å². The van der Waals surface area contributed by atoms with E-state index in [1.54, 1.807) is 0 Å². The summed E-state index contributed by atoms with van der Waals surface area (Å²) < 4.78 is 0. The van der Waals surface area contributed by atoms with E-state index in [-0.39, 0.29) is 11.4 Å². The molecule has 12 nitrogen and oxygen atoms in total. The summed E-state index contributed by atoms with van der Waals surface area (Å²) in [4.78, 5) is 76.3. The van der Waals surface area contributed by atoms with Gasteiger partial charge in [0, 0.05) is 36.4 Å². The number of aromatic nitrogens is 4. The van der Waals surface area contributed by atoms with E-state index in [9.17, 15) is 39.0 Å². The molecule has 0 aromatic carbocycles. The molecule has 2 heterocycles. The van der Waals surface area contributed by atoms with Gasteiger partial charge in [0.15, 0.2) is 0 Å². The average Bonchev–Trinajstić information content (AvgIpc) is 2.48. The van der Waals surface area contributed by atoms with Crippen LogP contribution in [0.4, 0.5) is 0 Å². The quantitative estimate of drug-likeness (QED) is 0.306. The number of H-pyrrole nitrogens is 4. The molecule has 0 aliphatic carbocycles. The summed E-state index contributed by atoms with van der Waals surface area (Å²) in [6.45, 7) is 0. The Balaban J connectivity index is 2.56. The zero-order valence-electron chi connectivity index (χ0n) is 12.9. The third kappa shape index (κ3) is 4.53. The number of carboxylic acid groups (broad SMARTS) is 2. The van der Waals surface area contributed by atoms with Gasteiger partial charge < -0.3 is 20.2 Å². The van der Waals surface area contributed by atoms with Crippen LogP contribution in [-0.2, 0) is 22.4 Å². The van der Waals surface area contributed by atoms with Crippen LogP contribution < -0.4 is 22.5 Å². The molecule has 0 saturated heterocycles. The zero-order valence-corrected chi connectivity index (χ0v) is 12.9. The SMILES string of the molecule is O=C(O)C(Cc1cc(=O)[nH]c(=O)[nH]1)=C(Cc1cc(=O)[nH]c(=O)[nH]1)C(=O)O. The van der Waals surface area contributed by atoms with Crippen LogP contribution in [0, 0.1) is 0 Å². The van der Waals surface area contributed by atoms with Crippen LogP contribution in [0.2, 0.25) is 0 Å². The van der Waals surface area contributed by atoms with Crippen LogP contribution in [0.5, 0.6) is 0 Å². The Labute approximate surface area is 141 Å². The van der Waals surface area contributed by atoms with Gasteiger partial charge in [-0.2, -0.15) is 0 Å². The molecule has 0 amide bonds. The highest BCUT2D eigenvalue weighted by Crippen LogP contribution is 2.14. The maximum absolute atomic E-state index is 11.5. The molecule has 2 rings (SSSR count). The van der Waals surface area contributed by atoms with Crippen LogP contribution in [0.1, 0.15) is 11.4 Å². The lowest BCUT2D eigenvalue weighted by Gasteiger charge is -2.09. The van der Waals surface area contributed by atoms with E-state index in [1.165, 1.54) is 0 Å². The van der Waals surface area contributed by atoms with E-state index < -0.39 is 58.4 Å². The van der Waals surface area contributed by atoms with Crippen molar-refractivity contribution < 1.29 is 19.8 Å². The summed E-state index contributed by atoms with van der Waals surface area (Å²) in [7, 11) is 0. The smallest absolute Gasteiger partial charge is 0.332 e. The molecule has 0 atom stereocenters. The van der Waals surface area contributed by atoms with Gasteiger partial charge in [0.25, 0.3) is 11.1 Å². The van der Waals surface area contributed by atoms with Crippen molar-refractivity contribution in [1.29, 1.82) is 0 Å². The first-order valence-corrected chi connectivity index (χ1v) is 6.99. The molecule has 0 fully saturated rings. The van der Waals surface area contributed by atoms with Gasteiger partial charge in [-0.05, 0) is 0 Å². The minimum atomic E-state index is -1.60. The molecule has 0 saturated carbocycles. The first-order chi connectivity index (χ1) is 12.2. The van der Waals surface area contributed by atoms with Crippen LogP contribution in [-0.4, -0.2) is 42.1 Å². The summed E-state index contributed by atoms with van der Waals surface area (Å²) in [6, 6.07) is 1.83. The van der Waals surface area contributed by atoms with E-state index >= 15 is 0 Å². The Morgan fingerprint density at radius 1 is 0.692 bits per heavy atom. The van der Waals surface area contributed by atoms with Gasteiger partial charge in [0.1, 0.15) is 0 Å². The first kappa shape index (κ1) is 18.4. The molecule has 0 bridgehead atoms. The second-order valence-corrected chi connectivity index (χ2v) is 5.15. The number of nitrogens with one attached hydrogen (secondary N) is 4. The molecule has 2 aromatic rings. The largest absolute Gasteiger partial charge is 0.478 e. The Morgan fingerprint density at radius 3 is 1.31 bits per heavy atom. The topological polar surface area (TPSA) is 206 Å². The summed E-state index contributed by atoms with van der Waals surface area (Å²) in [5.41, 5.74) is -4.82. The Hall–Kier alpha value is -3.96. The lowest BCUT2D eigenvalue weighted by atomic mass is 9.99. The molecule has 2 aromatic heterocycles. The van der Waals surface area contributed by atoms with E-state index in [2.05, 4.69) is 9.97 Å². The van der Waals surface area contributed by atoms with Crippen molar-refractivity contribution >= 4 is 11.9 Å². The highest BCUT2D eigenvalue weighted by molar-refractivity contribution is 5.99. The number of aliphatic carboxylic acids is 2. The lowest BCUT2D eigenvalue weighted by molar-refractivity contribution is -0.136. The van der Waals surface area contributed by atoms with Gasteiger partial charge in [-0.1, -0.05) is 0 Å². The van der Waals surface area contributed by atoms with E-state index in [0.717, 1.165) is 12.1 Å². The number of rotatable bonds is 6. The Morgan fingerprint density at radius 2 is 1.04 bits per heavy atom. The van der Waals surface area contributed by atoms with Crippen molar-refractivity contribution in [3.8, 4) is 0 Å². The van der Waals surface area contributed by atoms with Crippen LogP contribution >= 0.6 is 0 Å². The minimum Gasteiger partial charge on any atom is -0.478 e. The van der Waals surface area contributed by atoms with Gasteiger partial charge in [-0.15, -0.1) is 0 Å². The zero-order chi connectivity index (χ0) is 19.4. The lowest BCUT2D eigenvalue weighted by Crippen LogP contribution is -2.25. The molecule has 26 heavy (non-hydrogen) atoms. The van der Waals surface area contributed by atoms with E-state index in [4.69, 9.17) is 0 Å². The highest BCUT2D eigenvalue weighted by Gasteiger charge is 2.22. The van der Waals surface area contributed by atoms with Gasteiger partial charge in [0.05, 0.1) is 11.1 Å². The Kier molecular flexibility index (Phi) is 5.15. The normalized spacial score (nSPS) is 11.7. The number of carbonyl (C=O) groups is 2. The van der Waals surface area contributed by atoms with Gasteiger partial charge in [-0.25, -0.2) is 19.2 Å². The first-order valence-electron chi connectivity index (χ1n) is 6.99. The van der Waals surface area contributed by atoms with Crippen LogP contribution in [0.15, 0.2) is 42.5 Å². The maximum atomic E-state index is 11.5. The van der Waals surface area contributed by atoms with Crippen molar-refractivity contribution in [3.05, 3.63) is 76.3 Å². The highest BCUT2D eigenvalue weighted by atomic mass is 16.4. The minimum absolute atomic E-state index is 0.116. The molecule has 6 N–H and O–H groups in total. The standard InChI is InChI=1S/C14H12N4O8/c19-9-3-5(15-13(25)17-9)1-7(11(21)22)8(12(23)24)2-6-4-10(20)18-14(26)16-6/h3-4H,1-2H2,(H,21,22)(H,23,24)(H2,15,17,19,25)(H2,16,18,20,26). The predicted octanol–water partition coefficient (Wildman–Crippen LogP) is -2.31. The number of hydrogen-bond donors (Lipinski definition) is 6. The van der Waals surface area contributed by atoms with Crippen molar-refractivity contribution in [2.75, 3.05) is 0 Å². The molecule has 0 aliphatic rings. The third-order valence-corrected chi connectivity index (χ3v) is 3.25. The number of hydrogen-bond acceptors (Lipinski definition) is 6. The molecular formula is C14H12N4O8. The predicted molar refractivity (Wildman–Crippen MR) is 85.1 cm³/mol. The summed E-state index contributed by atoms with van der Waals surface area (Å²) in [5, 5.41) is 18.7. The summed E-state index contributed by atoms with van der Waals surface area (Å²) in [5.74, 6) is -3.20. The van der Waals surface area contributed by atoms with Crippen molar-refractivity contribution in [2.45, 2.75) is 12.8 Å². The van der Waals surface area contributed by atoms with Crippen LogP contribution in [0.25, 0.3) is 0 Å². The van der Waals surface area contributed by atoms with Gasteiger partial charge in [0.2, 0.25) is 0 Å². The Bertz CT molecular complexity index is 985. The fraction of sp³-hybridized carbons (Fsp3) is 0.143. The average molecular weight is 364 g/mol. The second-order valence-electron chi connectivity index (χ2n) is 5.15. The number of carboxylic acids is 2. The van der Waals surface area contributed by atoms with E-state index in [1.807, 2.05) is 9.97 Å². The summed E-state index contributed by atoms with van der Waals surface area (Å²) in [6.07, 6.45) is -1.13. The van der Waals surface area contributed by atoms with Crippen LogP contribution in [0.3, 0.4) is 0 Å². The van der Waals surface area contributed by atoms with E-state index in [0.29, 0.717) is 0 Å². The molecule has 12 heteroatoms. The monoisotopic (exact) mass is 364 g/mol. The van der Waals surface area contributed by atoms with Crippen molar-refractivity contribution in [3.63, 3.8) is 0 Å². The summed E-state index contributed by atoms with van der Waals surface area (Å²) >= 11 is 0. The molecule has 0 unspecified atom stereocenters.